The van der Waals surface area contributed by atoms with Crippen LogP contribution in [0.2, 0.25) is 0 Å². The predicted octanol–water partition coefficient (Wildman–Crippen LogP) is 1.73. The van der Waals surface area contributed by atoms with E-state index in [1.165, 1.54) is 6.08 Å². The zero-order valence-corrected chi connectivity index (χ0v) is 11.0. The van der Waals surface area contributed by atoms with E-state index in [9.17, 15) is 14.4 Å². The minimum Gasteiger partial charge on any atom is -0.481 e. The second-order valence-electron chi connectivity index (χ2n) is 3.99. The lowest BCUT2D eigenvalue weighted by Gasteiger charge is -2.09. The quantitative estimate of drug-likeness (QED) is 0.450. The van der Waals surface area contributed by atoms with E-state index >= 15 is 0 Å². The van der Waals surface area contributed by atoms with Crippen LogP contribution >= 0.6 is 0 Å². The number of hydrogen-bond donors (Lipinski definition) is 2. The number of benzene rings is 1. The zero-order valence-electron chi connectivity index (χ0n) is 11.0. The molecule has 0 saturated heterocycles. The molecule has 1 rings (SSSR count). The fraction of sp³-hybridized carbons (Fsp3) is 0.133. The molecule has 0 radical (unpaired) electrons. The Morgan fingerprint density at radius 2 is 1.76 bits per heavy atom. The van der Waals surface area contributed by atoms with Crippen LogP contribution in [0, 0.1) is 0 Å². The first-order valence-electron chi connectivity index (χ1n) is 6.04. The Kier molecular flexibility index (Phi) is 6.40. The number of carboxylic acid groups (broad SMARTS) is 2. The Morgan fingerprint density at radius 3 is 2.33 bits per heavy atom. The molecular formula is C15H14O6. The highest BCUT2D eigenvalue weighted by atomic mass is 16.6. The second kappa shape index (κ2) is 8.31. The minimum absolute atomic E-state index is 0.783. The van der Waals surface area contributed by atoms with E-state index < -0.39 is 30.4 Å². The van der Waals surface area contributed by atoms with Crippen LogP contribution in [0.4, 0.5) is 0 Å². The van der Waals surface area contributed by atoms with Gasteiger partial charge in [-0.1, -0.05) is 48.6 Å². The van der Waals surface area contributed by atoms with Crippen LogP contribution < -0.4 is 0 Å². The second-order valence-corrected chi connectivity index (χ2v) is 3.99. The summed E-state index contributed by atoms with van der Waals surface area (Å²) in [6.07, 6.45) is 3.26. The van der Waals surface area contributed by atoms with Gasteiger partial charge in [0.05, 0.1) is 6.42 Å². The summed E-state index contributed by atoms with van der Waals surface area (Å²) in [7, 11) is 0. The highest BCUT2D eigenvalue weighted by molar-refractivity contribution is 5.87. The summed E-state index contributed by atoms with van der Waals surface area (Å²) in [5, 5.41) is 17.2. The molecule has 0 aliphatic heterocycles. The fourth-order valence-electron chi connectivity index (χ4n) is 1.38. The molecule has 1 aromatic rings. The monoisotopic (exact) mass is 290 g/mol. The van der Waals surface area contributed by atoms with Crippen molar-refractivity contribution in [2.24, 2.45) is 0 Å². The average Bonchev–Trinajstić information content (AvgIpc) is 2.43. The van der Waals surface area contributed by atoms with Crippen molar-refractivity contribution >= 4 is 24.0 Å². The maximum Gasteiger partial charge on any atom is 0.345 e. The summed E-state index contributed by atoms with van der Waals surface area (Å²) in [6.45, 7) is 0. The third-order valence-electron chi connectivity index (χ3n) is 2.33. The molecule has 0 amide bonds. The molecule has 21 heavy (non-hydrogen) atoms. The Balaban J connectivity index is 2.52. The van der Waals surface area contributed by atoms with Crippen molar-refractivity contribution in [3.8, 4) is 0 Å². The Hall–Kier alpha value is -2.89. The number of carboxylic acids is 2. The van der Waals surface area contributed by atoms with Gasteiger partial charge in [-0.3, -0.25) is 4.79 Å². The minimum atomic E-state index is -1.70. The molecule has 0 aliphatic rings. The molecule has 0 spiro atoms. The van der Waals surface area contributed by atoms with Crippen LogP contribution in [0.15, 0.2) is 48.6 Å². The molecule has 6 heteroatoms. The van der Waals surface area contributed by atoms with Gasteiger partial charge in [0.2, 0.25) is 6.10 Å². The Bertz CT molecular complexity index is 559. The first-order valence-corrected chi connectivity index (χ1v) is 6.04. The van der Waals surface area contributed by atoms with E-state index in [1.807, 2.05) is 30.3 Å². The van der Waals surface area contributed by atoms with Gasteiger partial charge in [-0.25, -0.2) is 9.59 Å². The molecule has 0 bridgehead atoms. The fourth-order valence-corrected chi connectivity index (χ4v) is 1.38. The first kappa shape index (κ1) is 16.2. The number of carbonyl (C=O) groups excluding carboxylic acids is 1. The maximum atomic E-state index is 11.4. The van der Waals surface area contributed by atoms with Crippen LogP contribution in [0.25, 0.3) is 6.08 Å². The van der Waals surface area contributed by atoms with Gasteiger partial charge in [0.25, 0.3) is 0 Å². The number of hydrogen-bond acceptors (Lipinski definition) is 4. The molecule has 0 unspecified atom stereocenters. The molecule has 110 valence electrons. The average molecular weight is 290 g/mol. The molecular weight excluding hydrogens is 276 g/mol. The SMILES string of the molecule is O=C(O)C[C@H](OC(=O)/C=C/C=C/c1ccccc1)C(=O)O. The predicted molar refractivity (Wildman–Crippen MR) is 74.4 cm³/mol. The van der Waals surface area contributed by atoms with Gasteiger partial charge in [0.15, 0.2) is 0 Å². The van der Waals surface area contributed by atoms with Gasteiger partial charge >= 0.3 is 17.9 Å². The van der Waals surface area contributed by atoms with Gasteiger partial charge in [0, 0.05) is 6.08 Å². The van der Waals surface area contributed by atoms with Gasteiger partial charge in [-0.2, -0.15) is 0 Å². The van der Waals surface area contributed by atoms with E-state index in [0.29, 0.717) is 0 Å². The first-order chi connectivity index (χ1) is 9.99. The standard InChI is InChI=1S/C15H14O6/c16-13(17)10-12(15(19)20)21-14(18)9-5-4-8-11-6-2-1-3-7-11/h1-9,12H,10H2,(H,16,17)(H,19,20)/b8-4+,9-5+/t12-/m0/s1. The maximum absolute atomic E-state index is 11.4. The number of aliphatic carboxylic acids is 2. The summed E-state index contributed by atoms with van der Waals surface area (Å²) in [4.78, 5) is 32.5. The van der Waals surface area contributed by atoms with Crippen molar-refractivity contribution in [1.29, 1.82) is 0 Å². The number of esters is 1. The lowest BCUT2D eigenvalue weighted by molar-refractivity contribution is -0.164. The van der Waals surface area contributed by atoms with Crippen LogP contribution in [0.3, 0.4) is 0 Å². The van der Waals surface area contributed by atoms with Gasteiger partial charge in [-0.05, 0) is 5.56 Å². The van der Waals surface area contributed by atoms with Gasteiger partial charge < -0.3 is 14.9 Å². The van der Waals surface area contributed by atoms with Crippen LogP contribution in [0.1, 0.15) is 12.0 Å². The number of carbonyl (C=O) groups is 3. The number of allylic oxidation sites excluding steroid dienone is 2. The van der Waals surface area contributed by atoms with E-state index in [4.69, 9.17) is 10.2 Å². The van der Waals surface area contributed by atoms with Crippen LogP contribution in [-0.2, 0) is 19.1 Å². The van der Waals surface area contributed by atoms with Crippen molar-refractivity contribution in [3.63, 3.8) is 0 Å². The summed E-state index contributed by atoms with van der Waals surface area (Å²) in [6, 6.07) is 9.34. The van der Waals surface area contributed by atoms with Gasteiger partial charge in [0.1, 0.15) is 0 Å². The van der Waals surface area contributed by atoms with E-state index in [2.05, 4.69) is 4.74 Å². The van der Waals surface area contributed by atoms with Gasteiger partial charge in [-0.15, -0.1) is 0 Å². The van der Waals surface area contributed by atoms with Crippen molar-refractivity contribution in [3.05, 3.63) is 54.1 Å². The molecule has 6 nitrogen and oxygen atoms in total. The highest BCUT2D eigenvalue weighted by Gasteiger charge is 2.24. The summed E-state index contributed by atoms with van der Waals surface area (Å²) < 4.78 is 4.54. The molecule has 1 atom stereocenters. The van der Waals surface area contributed by atoms with Crippen molar-refractivity contribution < 1.29 is 29.3 Å². The summed E-state index contributed by atoms with van der Waals surface area (Å²) in [5.74, 6) is -3.77. The smallest absolute Gasteiger partial charge is 0.345 e. The molecule has 0 saturated carbocycles. The number of ether oxygens (including phenoxy) is 1. The Labute approximate surface area is 121 Å². The third-order valence-corrected chi connectivity index (χ3v) is 2.33. The van der Waals surface area contributed by atoms with Crippen molar-refractivity contribution in [1.82, 2.24) is 0 Å². The van der Waals surface area contributed by atoms with E-state index in [1.54, 1.807) is 12.2 Å². The number of rotatable bonds is 7. The largest absolute Gasteiger partial charge is 0.481 e. The zero-order chi connectivity index (χ0) is 15.7. The Morgan fingerprint density at radius 1 is 1.10 bits per heavy atom. The molecule has 0 fully saturated rings. The van der Waals surface area contributed by atoms with Crippen LogP contribution in [0.5, 0.6) is 0 Å². The third kappa shape index (κ3) is 6.72. The van der Waals surface area contributed by atoms with E-state index in [-0.39, 0.29) is 0 Å². The normalized spacial score (nSPS) is 12.4. The van der Waals surface area contributed by atoms with E-state index in [0.717, 1.165) is 11.6 Å². The summed E-state index contributed by atoms with van der Waals surface area (Å²) in [5.41, 5.74) is 0.935. The lowest BCUT2D eigenvalue weighted by atomic mass is 10.2. The van der Waals surface area contributed by atoms with Crippen molar-refractivity contribution in [2.75, 3.05) is 0 Å². The van der Waals surface area contributed by atoms with Crippen molar-refractivity contribution in [2.45, 2.75) is 12.5 Å². The molecule has 2 N–H and O–H groups in total. The molecule has 1 aromatic carbocycles. The lowest BCUT2D eigenvalue weighted by Crippen LogP contribution is -2.28. The molecule has 0 aliphatic carbocycles. The molecule has 0 aromatic heterocycles. The highest BCUT2D eigenvalue weighted by Crippen LogP contribution is 2.02. The topological polar surface area (TPSA) is 101 Å². The molecule has 0 heterocycles. The summed E-state index contributed by atoms with van der Waals surface area (Å²) >= 11 is 0. The van der Waals surface area contributed by atoms with Crippen LogP contribution in [-0.4, -0.2) is 34.2 Å².